The quantitative estimate of drug-likeness (QED) is 0.857. The molecule has 1 rings (SSSR count). The fourth-order valence-corrected chi connectivity index (χ4v) is 1.63. The number of halogens is 3. The molecule has 0 amide bonds. The van der Waals surface area contributed by atoms with E-state index in [1.807, 2.05) is 13.8 Å². The summed E-state index contributed by atoms with van der Waals surface area (Å²) in [5.41, 5.74) is 5.12. The molecule has 0 fully saturated rings. The molecule has 0 saturated heterocycles. The molecule has 1 aromatic rings. The summed E-state index contributed by atoms with van der Waals surface area (Å²) in [6.45, 7) is 4.50. The van der Waals surface area contributed by atoms with Crippen LogP contribution in [0.5, 0.6) is 0 Å². The summed E-state index contributed by atoms with van der Waals surface area (Å²) < 4.78 is 37.4. The van der Waals surface area contributed by atoms with E-state index in [9.17, 15) is 13.2 Å². The van der Waals surface area contributed by atoms with Crippen molar-refractivity contribution in [2.75, 3.05) is 11.9 Å². The molecule has 0 aliphatic heterocycles. The van der Waals surface area contributed by atoms with Crippen LogP contribution < -0.4 is 11.1 Å². The Balaban J connectivity index is 2.58. The third-order valence-corrected chi connectivity index (χ3v) is 2.41. The molecule has 0 spiro atoms. The summed E-state index contributed by atoms with van der Waals surface area (Å²) in [6.07, 6.45) is -2.40. The lowest BCUT2D eigenvalue weighted by molar-refractivity contribution is -0.137. The number of alkyl halides is 3. The highest BCUT2D eigenvalue weighted by molar-refractivity contribution is 5.38. The van der Waals surface area contributed by atoms with E-state index in [4.69, 9.17) is 5.73 Å². The standard InChI is InChI=1S/C12H18F3N3/c1-8(2)5-10(16)7-18-11-6-9(3-4-17-11)12(13,14)15/h3-4,6,8,10H,5,7,16H2,1-2H3,(H,17,18). The fraction of sp³-hybridized carbons (Fsp3) is 0.583. The number of anilines is 1. The zero-order valence-corrected chi connectivity index (χ0v) is 10.5. The number of nitrogens with two attached hydrogens (primary N) is 1. The number of hydrogen-bond acceptors (Lipinski definition) is 3. The molecule has 0 bridgehead atoms. The monoisotopic (exact) mass is 261 g/mol. The normalized spacial score (nSPS) is 13.7. The lowest BCUT2D eigenvalue weighted by Gasteiger charge is -2.15. The predicted octanol–water partition coefficient (Wildman–Crippen LogP) is 2.89. The molecule has 0 saturated carbocycles. The van der Waals surface area contributed by atoms with Crippen molar-refractivity contribution in [3.05, 3.63) is 23.9 Å². The van der Waals surface area contributed by atoms with Crippen LogP contribution in [0, 0.1) is 5.92 Å². The molecule has 0 aliphatic rings. The molecule has 1 unspecified atom stereocenters. The largest absolute Gasteiger partial charge is 0.416 e. The zero-order chi connectivity index (χ0) is 13.8. The van der Waals surface area contributed by atoms with Gasteiger partial charge in [-0.3, -0.25) is 0 Å². The first-order chi connectivity index (χ1) is 8.29. The van der Waals surface area contributed by atoms with Crippen LogP contribution in [0.1, 0.15) is 25.8 Å². The summed E-state index contributed by atoms with van der Waals surface area (Å²) in [7, 11) is 0. The van der Waals surface area contributed by atoms with Gasteiger partial charge in [-0.05, 0) is 24.5 Å². The molecule has 102 valence electrons. The molecule has 0 aliphatic carbocycles. The number of pyridine rings is 1. The lowest BCUT2D eigenvalue weighted by atomic mass is 10.0. The van der Waals surface area contributed by atoms with Crippen molar-refractivity contribution in [3.63, 3.8) is 0 Å². The van der Waals surface area contributed by atoms with Crippen LogP contribution in [0.25, 0.3) is 0 Å². The van der Waals surface area contributed by atoms with Crippen LogP contribution in [0.3, 0.4) is 0 Å². The zero-order valence-electron chi connectivity index (χ0n) is 10.5. The van der Waals surface area contributed by atoms with Crippen molar-refractivity contribution in [2.24, 2.45) is 11.7 Å². The second-order valence-electron chi connectivity index (χ2n) is 4.70. The molecule has 1 atom stereocenters. The number of rotatable bonds is 5. The second kappa shape index (κ2) is 6.04. The topological polar surface area (TPSA) is 50.9 Å². The summed E-state index contributed by atoms with van der Waals surface area (Å²) in [5, 5.41) is 2.83. The molecule has 0 aromatic carbocycles. The molecular formula is C12H18F3N3. The first kappa shape index (κ1) is 14.8. The van der Waals surface area contributed by atoms with E-state index in [2.05, 4.69) is 10.3 Å². The number of hydrogen-bond donors (Lipinski definition) is 2. The summed E-state index contributed by atoms with van der Waals surface area (Å²) >= 11 is 0. The van der Waals surface area contributed by atoms with Gasteiger partial charge in [-0.1, -0.05) is 13.8 Å². The SMILES string of the molecule is CC(C)CC(N)CNc1cc(C(F)(F)F)ccn1. The molecule has 0 radical (unpaired) electrons. The maximum atomic E-state index is 12.5. The highest BCUT2D eigenvalue weighted by atomic mass is 19.4. The smallest absolute Gasteiger partial charge is 0.369 e. The highest BCUT2D eigenvalue weighted by Crippen LogP contribution is 2.29. The predicted molar refractivity (Wildman–Crippen MR) is 65.2 cm³/mol. The third-order valence-electron chi connectivity index (χ3n) is 2.41. The van der Waals surface area contributed by atoms with E-state index >= 15 is 0 Å². The van der Waals surface area contributed by atoms with Crippen LogP contribution in [-0.4, -0.2) is 17.6 Å². The molecular weight excluding hydrogens is 243 g/mol. The Morgan fingerprint density at radius 1 is 1.39 bits per heavy atom. The van der Waals surface area contributed by atoms with Crippen LogP contribution in [0.4, 0.5) is 19.0 Å². The van der Waals surface area contributed by atoms with Crippen molar-refractivity contribution in [2.45, 2.75) is 32.5 Å². The van der Waals surface area contributed by atoms with E-state index in [1.165, 1.54) is 0 Å². The number of nitrogens with one attached hydrogen (secondary N) is 1. The summed E-state index contributed by atoms with van der Waals surface area (Å²) in [6, 6.07) is 1.84. The van der Waals surface area contributed by atoms with Gasteiger partial charge in [0, 0.05) is 18.8 Å². The molecule has 18 heavy (non-hydrogen) atoms. The van der Waals surface area contributed by atoms with E-state index in [1.54, 1.807) is 0 Å². The third kappa shape index (κ3) is 4.91. The summed E-state index contributed by atoms with van der Waals surface area (Å²) in [5.74, 6) is 0.653. The first-order valence-electron chi connectivity index (χ1n) is 5.81. The van der Waals surface area contributed by atoms with Crippen LogP contribution in [0.15, 0.2) is 18.3 Å². The van der Waals surface area contributed by atoms with Gasteiger partial charge in [0.05, 0.1) is 5.56 Å². The van der Waals surface area contributed by atoms with Gasteiger partial charge in [0.15, 0.2) is 0 Å². The van der Waals surface area contributed by atoms with Crippen LogP contribution in [-0.2, 0) is 6.18 Å². The minimum Gasteiger partial charge on any atom is -0.369 e. The van der Waals surface area contributed by atoms with Gasteiger partial charge in [-0.2, -0.15) is 13.2 Å². The van der Waals surface area contributed by atoms with Gasteiger partial charge in [0.2, 0.25) is 0 Å². The van der Waals surface area contributed by atoms with Crippen LogP contribution >= 0.6 is 0 Å². The Kier molecular flexibility index (Phi) is 4.95. The van der Waals surface area contributed by atoms with E-state index in [-0.39, 0.29) is 11.9 Å². The minimum atomic E-state index is -4.35. The fourth-order valence-electron chi connectivity index (χ4n) is 1.63. The van der Waals surface area contributed by atoms with E-state index in [0.29, 0.717) is 12.5 Å². The van der Waals surface area contributed by atoms with Gasteiger partial charge < -0.3 is 11.1 Å². The van der Waals surface area contributed by atoms with Gasteiger partial charge in [0.1, 0.15) is 5.82 Å². The maximum absolute atomic E-state index is 12.5. The Morgan fingerprint density at radius 2 is 2.06 bits per heavy atom. The highest BCUT2D eigenvalue weighted by Gasteiger charge is 2.30. The van der Waals surface area contributed by atoms with Gasteiger partial charge >= 0.3 is 6.18 Å². The van der Waals surface area contributed by atoms with Gasteiger partial charge in [-0.15, -0.1) is 0 Å². The average molecular weight is 261 g/mol. The van der Waals surface area contributed by atoms with Crippen molar-refractivity contribution >= 4 is 5.82 Å². The molecule has 3 N–H and O–H groups in total. The van der Waals surface area contributed by atoms with Crippen molar-refractivity contribution in [1.29, 1.82) is 0 Å². The molecule has 1 aromatic heterocycles. The Labute approximate surface area is 105 Å². The second-order valence-corrected chi connectivity index (χ2v) is 4.70. The first-order valence-corrected chi connectivity index (χ1v) is 5.81. The van der Waals surface area contributed by atoms with Gasteiger partial charge in [0.25, 0.3) is 0 Å². The lowest BCUT2D eigenvalue weighted by Crippen LogP contribution is -2.30. The molecule has 6 heteroatoms. The van der Waals surface area contributed by atoms with Crippen molar-refractivity contribution < 1.29 is 13.2 Å². The Hall–Kier alpha value is -1.30. The average Bonchev–Trinajstić information content (AvgIpc) is 2.25. The van der Waals surface area contributed by atoms with E-state index < -0.39 is 11.7 Å². The molecule has 1 heterocycles. The maximum Gasteiger partial charge on any atom is 0.416 e. The summed E-state index contributed by atoms with van der Waals surface area (Å²) in [4.78, 5) is 3.84. The number of nitrogens with zero attached hydrogens (tertiary/aromatic N) is 1. The van der Waals surface area contributed by atoms with Crippen molar-refractivity contribution in [3.8, 4) is 0 Å². The van der Waals surface area contributed by atoms with Crippen molar-refractivity contribution in [1.82, 2.24) is 4.98 Å². The Morgan fingerprint density at radius 3 is 2.61 bits per heavy atom. The Bertz CT molecular complexity index is 377. The minimum absolute atomic E-state index is 0.0960. The van der Waals surface area contributed by atoms with E-state index in [0.717, 1.165) is 24.8 Å². The van der Waals surface area contributed by atoms with Crippen LogP contribution in [0.2, 0.25) is 0 Å². The number of aromatic nitrogens is 1. The molecule has 3 nitrogen and oxygen atoms in total. The van der Waals surface area contributed by atoms with Gasteiger partial charge in [-0.25, -0.2) is 4.98 Å².